The SMILES string of the molecule is Brc1ccccc1.C#C.[H-].[H-].[Mg+2]. The second kappa shape index (κ2) is 9.03. The Labute approximate surface area is 89.3 Å². The number of halogens is 1. The number of terminal acetylenes is 1. The Morgan fingerprint density at radius 3 is 1.70 bits per heavy atom. The number of benzene rings is 1. The van der Waals surface area contributed by atoms with Crippen molar-refractivity contribution in [2.75, 3.05) is 0 Å². The fourth-order valence-corrected chi connectivity index (χ4v) is 0.720. The van der Waals surface area contributed by atoms with E-state index in [1.165, 1.54) is 0 Å². The molecule has 0 saturated carbocycles. The fourth-order valence-electron chi connectivity index (χ4n) is 0.415. The molecule has 0 aliphatic carbocycles. The van der Waals surface area contributed by atoms with Gasteiger partial charge in [0.2, 0.25) is 0 Å². The minimum Gasteiger partial charge on any atom is -1.00 e. The Morgan fingerprint density at radius 1 is 1.10 bits per heavy atom. The second-order valence-electron chi connectivity index (χ2n) is 1.30. The van der Waals surface area contributed by atoms with E-state index >= 15 is 0 Å². The van der Waals surface area contributed by atoms with E-state index in [1.807, 2.05) is 30.3 Å². The summed E-state index contributed by atoms with van der Waals surface area (Å²) in [6.07, 6.45) is 8.00. The van der Waals surface area contributed by atoms with Crippen LogP contribution in [0.2, 0.25) is 0 Å². The molecule has 10 heavy (non-hydrogen) atoms. The van der Waals surface area contributed by atoms with Crippen molar-refractivity contribution in [1.82, 2.24) is 0 Å². The first kappa shape index (κ1) is 12.7. The molecule has 0 aliphatic rings. The zero-order valence-electron chi connectivity index (χ0n) is 7.63. The van der Waals surface area contributed by atoms with E-state index in [0.29, 0.717) is 0 Å². The largest absolute Gasteiger partial charge is 2.00 e. The van der Waals surface area contributed by atoms with E-state index in [9.17, 15) is 0 Å². The van der Waals surface area contributed by atoms with E-state index in [4.69, 9.17) is 0 Å². The molecular formula is C8H9BrMg. The molecule has 1 rings (SSSR count). The fraction of sp³-hybridized carbons (Fsp3) is 0. The summed E-state index contributed by atoms with van der Waals surface area (Å²) < 4.78 is 1.13. The van der Waals surface area contributed by atoms with Gasteiger partial charge >= 0.3 is 23.1 Å². The van der Waals surface area contributed by atoms with E-state index in [1.54, 1.807) is 0 Å². The quantitative estimate of drug-likeness (QED) is 0.455. The first-order valence-corrected chi connectivity index (χ1v) is 3.23. The molecule has 0 nitrogen and oxygen atoms in total. The van der Waals surface area contributed by atoms with Gasteiger partial charge in [-0.05, 0) is 12.1 Å². The van der Waals surface area contributed by atoms with Crippen LogP contribution in [0.1, 0.15) is 2.85 Å². The van der Waals surface area contributed by atoms with Gasteiger partial charge in [0.15, 0.2) is 0 Å². The molecule has 50 valence electrons. The van der Waals surface area contributed by atoms with E-state index in [-0.39, 0.29) is 25.9 Å². The summed E-state index contributed by atoms with van der Waals surface area (Å²) >= 11 is 3.31. The van der Waals surface area contributed by atoms with Crippen molar-refractivity contribution in [3.05, 3.63) is 34.8 Å². The molecule has 0 spiro atoms. The van der Waals surface area contributed by atoms with E-state index < -0.39 is 0 Å². The Hall–Kier alpha value is 0.0262. The molecule has 0 heterocycles. The van der Waals surface area contributed by atoms with Crippen LogP contribution in [0.15, 0.2) is 34.8 Å². The van der Waals surface area contributed by atoms with Crippen LogP contribution in [0.5, 0.6) is 0 Å². The minimum atomic E-state index is 0. The molecule has 2 heteroatoms. The Balaban J connectivity index is -0.0000000600. The van der Waals surface area contributed by atoms with Gasteiger partial charge in [-0.3, -0.25) is 0 Å². The van der Waals surface area contributed by atoms with Gasteiger partial charge in [-0.2, -0.15) is 0 Å². The van der Waals surface area contributed by atoms with Crippen molar-refractivity contribution in [2.24, 2.45) is 0 Å². The molecule has 0 N–H and O–H groups in total. The van der Waals surface area contributed by atoms with E-state index in [2.05, 4.69) is 28.8 Å². The van der Waals surface area contributed by atoms with Crippen molar-refractivity contribution in [1.29, 1.82) is 0 Å². The Bertz CT molecular complexity index is 177. The summed E-state index contributed by atoms with van der Waals surface area (Å²) in [5.41, 5.74) is 0. The minimum absolute atomic E-state index is 0. The maximum Gasteiger partial charge on any atom is 2.00 e. The Kier molecular flexibility index (Phi) is 11.4. The van der Waals surface area contributed by atoms with Crippen molar-refractivity contribution < 1.29 is 2.85 Å². The van der Waals surface area contributed by atoms with Crippen LogP contribution in [0.3, 0.4) is 0 Å². The monoisotopic (exact) mass is 208 g/mol. The van der Waals surface area contributed by atoms with Crippen LogP contribution in [0, 0.1) is 12.8 Å². The van der Waals surface area contributed by atoms with Crippen molar-refractivity contribution in [3.8, 4) is 12.8 Å². The van der Waals surface area contributed by atoms with Gasteiger partial charge in [-0.1, -0.05) is 34.1 Å². The molecule has 1 aromatic rings. The van der Waals surface area contributed by atoms with Crippen molar-refractivity contribution in [3.63, 3.8) is 0 Å². The average molecular weight is 209 g/mol. The summed E-state index contributed by atoms with van der Waals surface area (Å²) in [7, 11) is 0. The van der Waals surface area contributed by atoms with Gasteiger partial charge in [0.1, 0.15) is 0 Å². The van der Waals surface area contributed by atoms with Crippen LogP contribution in [0.4, 0.5) is 0 Å². The standard InChI is InChI=1S/C6H5Br.C2H2.Mg.2H/c7-6-4-2-1-3-5-6;1-2;;;/h1-5H;1-2H;;;/q;;+2;2*-1. The zero-order chi connectivity index (χ0) is 7.11. The third kappa shape index (κ3) is 6.15. The zero-order valence-corrected chi connectivity index (χ0v) is 8.63. The molecule has 0 saturated heterocycles. The maximum atomic E-state index is 4.00. The molecule has 0 radical (unpaired) electrons. The van der Waals surface area contributed by atoms with Crippen LogP contribution in [0.25, 0.3) is 0 Å². The van der Waals surface area contributed by atoms with Gasteiger partial charge < -0.3 is 2.85 Å². The molecular weight excluding hydrogens is 200 g/mol. The maximum absolute atomic E-state index is 4.00. The topological polar surface area (TPSA) is 0 Å². The van der Waals surface area contributed by atoms with Crippen molar-refractivity contribution in [2.45, 2.75) is 0 Å². The summed E-state index contributed by atoms with van der Waals surface area (Å²) in [6.45, 7) is 0. The van der Waals surface area contributed by atoms with Gasteiger partial charge in [-0.15, -0.1) is 12.8 Å². The average Bonchev–Trinajstić information content (AvgIpc) is 1.94. The number of hydrogen-bond donors (Lipinski definition) is 0. The van der Waals surface area contributed by atoms with Crippen LogP contribution < -0.4 is 0 Å². The predicted octanol–water partition coefficient (Wildman–Crippen LogP) is 2.54. The molecule has 0 aromatic heterocycles. The number of rotatable bonds is 0. The Morgan fingerprint density at radius 2 is 1.50 bits per heavy atom. The summed E-state index contributed by atoms with van der Waals surface area (Å²) in [5, 5.41) is 0. The molecule has 1 aromatic carbocycles. The van der Waals surface area contributed by atoms with Crippen LogP contribution >= 0.6 is 15.9 Å². The normalized spacial score (nSPS) is 6.30. The summed E-state index contributed by atoms with van der Waals surface area (Å²) in [5.74, 6) is 0. The molecule has 0 bridgehead atoms. The van der Waals surface area contributed by atoms with Gasteiger partial charge in [0, 0.05) is 4.47 Å². The van der Waals surface area contributed by atoms with E-state index in [0.717, 1.165) is 4.47 Å². The van der Waals surface area contributed by atoms with Crippen LogP contribution in [-0.2, 0) is 0 Å². The first-order chi connectivity index (χ1) is 4.39. The molecule has 0 aliphatic heterocycles. The predicted molar refractivity (Wildman–Crippen MR) is 52.0 cm³/mol. The van der Waals surface area contributed by atoms with Gasteiger partial charge in [0.25, 0.3) is 0 Å². The summed E-state index contributed by atoms with van der Waals surface area (Å²) in [4.78, 5) is 0. The third-order valence-corrected chi connectivity index (χ3v) is 1.26. The third-order valence-electron chi connectivity index (χ3n) is 0.733. The molecule has 0 atom stereocenters. The van der Waals surface area contributed by atoms with Crippen LogP contribution in [-0.4, -0.2) is 23.1 Å². The smallest absolute Gasteiger partial charge is 1.00 e. The van der Waals surface area contributed by atoms with Gasteiger partial charge in [0.05, 0.1) is 0 Å². The first-order valence-electron chi connectivity index (χ1n) is 2.43. The van der Waals surface area contributed by atoms with Gasteiger partial charge in [-0.25, -0.2) is 0 Å². The number of hydrogen-bond acceptors (Lipinski definition) is 0. The summed E-state index contributed by atoms with van der Waals surface area (Å²) in [6, 6.07) is 9.97. The second-order valence-corrected chi connectivity index (χ2v) is 2.21. The molecule has 0 amide bonds. The molecule has 0 fully saturated rings. The van der Waals surface area contributed by atoms with Crippen molar-refractivity contribution >= 4 is 39.0 Å². The molecule has 0 unspecified atom stereocenters.